The van der Waals surface area contributed by atoms with Crippen LogP contribution in [0.2, 0.25) is 0 Å². The maximum atomic E-state index is 2.41. The maximum Gasteiger partial charge on any atom is 0.0159 e. The van der Waals surface area contributed by atoms with E-state index >= 15 is 0 Å². The van der Waals surface area contributed by atoms with E-state index in [1.165, 1.54) is 98.7 Å². The molecule has 9 aromatic carbocycles. The average Bonchev–Trinajstić information content (AvgIpc) is 3.39. The molecule has 0 saturated heterocycles. The Morgan fingerprint density at radius 2 is 0.878 bits per heavy atom. The Balaban J connectivity index is 1.03. The Morgan fingerprint density at radius 3 is 1.69 bits per heavy atom. The van der Waals surface area contributed by atoms with Crippen molar-refractivity contribution in [3.05, 3.63) is 181 Å². The normalized spacial score (nSPS) is 13.3. The number of rotatable bonds is 3. The Kier molecular flexibility index (Phi) is 6.02. The van der Waals surface area contributed by atoms with Gasteiger partial charge < -0.3 is 0 Å². The smallest absolute Gasteiger partial charge is 0.0159 e. The molecule has 230 valence electrons. The van der Waals surface area contributed by atoms with Crippen LogP contribution in [0.5, 0.6) is 0 Å². The summed E-state index contributed by atoms with van der Waals surface area (Å²) < 4.78 is 0. The van der Waals surface area contributed by atoms with Crippen LogP contribution < -0.4 is 0 Å². The molecule has 0 amide bonds. The standard InChI is InChI=1S/C49H34/c1-49(2)46-17-8-7-15-42(46)43-25-24-37(30-47(43)49)36-22-21-34-26-33(19-20-35(34)27-36)32-11-9-12-38(28-32)45-29-39-23-18-31-10-3-4-13-40(31)48(39)44-16-6-5-14-41(44)45/h3-30H,1-2H3. The van der Waals surface area contributed by atoms with E-state index < -0.39 is 0 Å². The van der Waals surface area contributed by atoms with Gasteiger partial charge in [0.1, 0.15) is 0 Å². The summed E-state index contributed by atoms with van der Waals surface area (Å²) in [5.74, 6) is 0. The van der Waals surface area contributed by atoms with E-state index in [0.29, 0.717) is 0 Å². The van der Waals surface area contributed by atoms with Gasteiger partial charge >= 0.3 is 0 Å². The van der Waals surface area contributed by atoms with E-state index in [9.17, 15) is 0 Å². The summed E-state index contributed by atoms with van der Waals surface area (Å²) in [5.41, 5.74) is 13.0. The highest BCUT2D eigenvalue weighted by molar-refractivity contribution is 6.23. The van der Waals surface area contributed by atoms with Crippen LogP contribution in [0.25, 0.3) is 87.6 Å². The van der Waals surface area contributed by atoms with Gasteiger partial charge in [-0.25, -0.2) is 0 Å². The summed E-state index contributed by atoms with van der Waals surface area (Å²) in [7, 11) is 0. The molecule has 0 aliphatic heterocycles. The molecule has 0 radical (unpaired) electrons. The zero-order valence-electron chi connectivity index (χ0n) is 27.7. The minimum Gasteiger partial charge on any atom is -0.0619 e. The Bertz CT molecular complexity index is 2800. The lowest BCUT2D eigenvalue weighted by atomic mass is 9.81. The van der Waals surface area contributed by atoms with Crippen molar-refractivity contribution in [3.63, 3.8) is 0 Å². The number of benzene rings is 9. The molecule has 0 N–H and O–H groups in total. The monoisotopic (exact) mass is 622 g/mol. The summed E-state index contributed by atoms with van der Waals surface area (Å²) in [6.45, 7) is 4.70. The molecule has 10 rings (SSSR count). The van der Waals surface area contributed by atoms with Crippen LogP contribution in [0.3, 0.4) is 0 Å². The van der Waals surface area contributed by atoms with Gasteiger partial charge in [-0.2, -0.15) is 0 Å². The molecule has 0 fully saturated rings. The van der Waals surface area contributed by atoms with Gasteiger partial charge in [-0.3, -0.25) is 0 Å². The largest absolute Gasteiger partial charge is 0.0619 e. The first-order valence-corrected chi connectivity index (χ1v) is 17.3. The third kappa shape index (κ3) is 4.31. The van der Waals surface area contributed by atoms with Crippen LogP contribution in [0.1, 0.15) is 25.0 Å². The molecule has 9 aromatic rings. The molecule has 0 atom stereocenters. The second kappa shape index (κ2) is 10.5. The molecule has 0 aromatic heterocycles. The van der Waals surface area contributed by atoms with E-state index in [0.717, 1.165) is 0 Å². The van der Waals surface area contributed by atoms with Gasteiger partial charge in [-0.15, -0.1) is 0 Å². The maximum absolute atomic E-state index is 2.41. The van der Waals surface area contributed by atoms with Crippen molar-refractivity contribution in [2.24, 2.45) is 0 Å². The summed E-state index contributed by atoms with van der Waals surface area (Å²) in [6.07, 6.45) is 0. The molecular formula is C49H34. The zero-order chi connectivity index (χ0) is 32.7. The van der Waals surface area contributed by atoms with Gasteiger partial charge in [0, 0.05) is 5.41 Å². The third-order valence-electron chi connectivity index (χ3n) is 11.0. The van der Waals surface area contributed by atoms with E-state index in [1.54, 1.807) is 0 Å². The summed E-state index contributed by atoms with van der Waals surface area (Å²) in [5, 5.41) is 10.3. The second-order valence-electron chi connectivity index (χ2n) is 14.1. The van der Waals surface area contributed by atoms with E-state index in [2.05, 4.69) is 184 Å². The lowest BCUT2D eigenvalue weighted by molar-refractivity contribution is 0.660. The predicted molar refractivity (Wildman–Crippen MR) is 210 cm³/mol. The van der Waals surface area contributed by atoms with Gasteiger partial charge in [0.15, 0.2) is 0 Å². The fourth-order valence-electron chi connectivity index (χ4n) is 8.47. The second-order valence-corrected chi connectivity index (χ2v) is 14.1. The Labute approximate surface area is 286 Å². The highest BCUT2D eigenvalue weighted by Crippen LogP contribution is 2.49. The minimum atomic E-state index is -0.00423. The van der Waals surface area contributed by atoms with Crippen LogP contribution in [-0.2, 0) is 5.41 Å². The molecule has 0 saturated carbocycles. The molecule has 0 spiro atoms. The highest BCUT2D eigenvalue weighted by Gasteiger charge is 2.35. The van der Waals surface area contributed by atoms with Gasteiger partial charge in [0.25, 0.3) is 0 Å². The number of hydrogen-bond donors (Lipinski definition) is 0. The third-order valence-corrected chi connectivity index (χ3v) is 11.0. The van der Waals surface area contributed by atoms with Crippen LogP contribution >= 0.6 is 0 Å². The molecule has 0 bridgehead atoms. The van der Waals surface area contributed by atoms with Crippen molar-refractivity contribution in [3.8, 4) is 44.5 Å². The fraction of sp³-hybridized carbons (Fsp3) is 0.0612. The van der Waals surface area contributed by atoms with E-state index in [-0.39, 0.29) is 5.41 Å². The van der Waals surface area contributed by atoms with Gasteiger partial charge in [0.2, 0.25) is 0 Å². The lowest BCUT2D eigenvalue weighted by Gasteiger charge is -2.22. The number of hydrogen-bond acceptors (Lipinski definition) is 0. The Morgan fingerprint density at radius 1 is 0.306 bits per heavy atom. The first-order chi connectivity index (χ1) is 24.0. The minimum absolute atomic E-state index is 0.00423. The van der Waals surface area contributed by atoms with E-state index in [1.807, 2.05) is 0 Å². The van der Waals surface area contributed by atoms with Crippen molar-refractivity contribution >= 4 is 43.1 Å². The quantitative estimate of drug-likeness (QED) is 0.172. The van der Waals surface area contributed by atoms with Crippen LogP contribution in [-0.4, -0.2) is 0 Å². The van der Waals surface area contributed by atoms with Crippen molar-refractivity contribution < 1.29 is 0 Å². The highest BCUT2D eigenvalue weighted by atomic mass is 14.4. The van der Waals surface area contributed by atoms with Gasteiger partial charge in [0.05, 0.1) is 0 Å². The first kappa shape index (κ1) is 28.1. The topological polar surface area (TPSA) is 0 Å². The molecule has 1 aliphatic rings. The van der Waals surface area contributed by atoms with Crippen LogP contribution in [0.4, 0.5) is 0 Å². The molecule has 0 heterocycles. The predicted octanol–water partition coefficient (Wildman–Crippen LogP) is 13.6. The fourth-order valence-corrected chi connectivity index (χ4v) is 8.47. The summed E-state index contributed by atoms with van der Waals surface area (Å²) in [6, 6.07) is 63.2. The molecule has 0 nitrogen and oxygen atoms in total. The molecule has 49 heavy (non-hydrogen) atoms. The lowest BCUT2D eigenvalue weighted by Crippen LogP contribution is -2.14. The molecule has 0 heteroatoms. The van der Waals surface area contributed by atoms with Crippen LogP contribution in [0, 0.1) is 0 Å². The molecule has 1 aliphatic carbocycles. The van der Waals surface area contributed by atoms with Crippen LogP contribution in [0.15, 0.2) is 170 Å². The van der Waals surface area contributed by atoms with Gasteiger partial charge in [-0.05, 0) is 129 Å². The summed E-state index contributed by atoms with van der Waals surface area (Å²) in [4.78, 5) is 0. The summed E-state index contributed by atoms with van der Waals surface area (Å²) >= 11 is 0. The molecule has 0 unspecified atom stereocenters. The number of fused-ring (bicyclic) bond motifs is 9. The zero-order valence-corrected chi connectivity index (χ0v) is 27.7. The van der Waals surface area contributed by atoms with Crippen molar-refractivity contribution in [2.75, 3.05) is 0 Å². The average molecular weight is 623 g/mol. The SMILES string of the molecule is CC1(C)c2ccccc2-c2ccc(-c3ccc4cc(-c5cccc(-c6cc7ccc8ccccc8c7c7ccccc67)c5)ccc4c3)cc21. The van der Waals surface area contributed by atoms with E-state index in [4.69, 9.17) is 0 Å². The first-order valence-electron chi connectivity index (χ1n) is 17.3. The van der Waals surface area contributed by atoms with Crippen molar-refractivity contribution in [2.45, 2.75) is 19.3 Å². The van der Waals surface area contributed by atoms with Crippen molar-refractivity contribution in [1.29, 1.82) is 0 Å². The van der Waals surface area contributed by atoms with Gasteiger partial charge in [-0.1, -0.05) is 153 Å². The Hall–Kier alpha value is -5.98. The molecular weight excluding hydrogens is 589 g/mol. The van der Waals surface area contributed by atoms with Crippen molar-refractivity contribution in [1.82, 2.24) is 0 Å².